The Hall–Kier alpha value is -1.18. The zero-order valence-electron chi connectivity index (χ0n) is 10.7. The molecule has 0 atom stereocenters. The quantitative estimate of drug-likeness (QED) is 0.898. The largest absolute Gasteiger partial charge is 0.494 e. The van der Waals surface area contributed by atoms with Gasteiger partial charge in [0.25, 0.3) is 0 Å². The number of ether oxygens (including phenoxy) is 1. The molecule has 0 unspecified atom stereocenters. The van der Waals surface area contributed by atoms with E-state index in [0.29, 0.717) is 25.9 Å². The van der Waals surface area contributed by atoms with Crippen molar-refractivity contribution in [3.63, 3.8) is 0 Å². The van der Waals surface area contributed by atoms with Crippen LogP contribution in [0.2, 0.25) is 0 Å². The molecular formula is C12H17FN2O3S. The van der Waals surface area contributed by atoms with Crippen LogP contribution in [0.25, 0.3) is 0 Å². The first kappa shape index (κ1) is 14.2. The summed E-state index contributed by atoms with van der Waals surface area (Å²) in [6.07, 6.45) is 1.25. The standard InChI is InChI=1S/C12H17FN2O3S/c1-18-12-3-2-10(8-11(12)13)19(16,17)15-6-4-9(14)5-7-15/h2-3,8-9H,4-7,14H2,1H3. The summed E-state index contributed by atoms with van der Waals surface area (Å²) < 4.78 is 44.3. The summed E-state index contributed by atoms with van der Waals surface area (Å²) >= 11 is 0. The molecule has 1 heterocycles. The molecule has 0 spiro atoms. The van der Waals surface area contributed by atoms with Gasteiger partial charge in [-0.05, 0) is 31.0 Å². The van der Waals surface area contributed by atoms with E-state index in [0.717, 1.165) is 6.07 Å². The van der Waals surface area contributed by atoms with Crippen LogP contribution in [0.5, 0.6) is 5.75 Å². The topological polar surface area (TPSA) is 72.6 Å². The van der Waals surface area contributed by atoms with E-state index in [1.54, 1.807) is 0 Å². The van der Waals surface area contributed by atoms with E-state index >= 15 is 0 Å². The van der Waals surface area contributed by atoms with Gasteiger partial charge in [-0.1, -0.05) is 0 Å². The number of rotatable bonds is 3. The second-order valence-corrected chi connectivity index (χ2v) is 6.48. The zero-order chi connectivity index (χ0) is 14.0. The lowest BCUT2D eigenvalue weighted by Gasteiger charge is -2.29. The Labute approximate surface area is 112 Å². The summed E-state index contributed by atoms with van der Waals surface area (Å²) in [7, 11) is -2.32. The minimum Gasteiger partial charge on any atom is -0.494 e. The fourth-order valence-electron chi connectivity index (χ4n) is 2.07. The highest BCUT2D eigenvalue weighted by Crippen LogP contribution is 2.24. The van der Waals surface area contributed by atoms with Gasteiger partial charge in [-0.25, -0.2) is 12.8 Å². The summed E-state index contributed by atoms with van der Waals surface area (Å²) in [4.78, 5) is -0.0544. The van der Waals surface area contributed by atoms with Crippen molar-refractivity contribution in [1.29, 1.82) is 0 Å². The van der Waals surface area contributed by atoms with Crippen molar-refractivity contribution in [3.05, 3.63) is 24.0 Å². The maximum atomic E-state index is 13.6. The van der Waals surface area contributed by atoms with Gasteiger partial charge in [0.2, 0.25) is 10.0 Å². The molecular weight excluding hydrogens is 271 g/mol. The molecule has 0 aromatic heterocycles. The average Bonchev–Trinajstić information content (AvgIpc) is 2.39. The van der Waals surface area contributed by atoms with Crippen LogP contribution < -0.4 is 10.5 Å². The Morgan fingerprint density at radius 3 is 2.53 bits per heavy atom. The Kier molecular flexibility index (Phi) is 4.07. The zero-order valence-corrected chi connectivity index (χ0v) is 11.5. The summed E-state index contributed by atoms with van der Waals surface area (Å²) in [6, 6.07) is 3.70. The van der Waals surface area contributed by atoms with Gasteiger partial charge in [0, 0.05) is 19.1 Å². The third kappa shape index (κ3) is 2.88. The van der Waals surface area contributed by atoms with Gasteiger partial charge >= 0.3 is 0 Å². The molecule has 1 aromatic carbocycles. The molecule has 19 heavy (non-hydrogen) atoms. The Bertz CT molecular complexity index is 554. The van der Waals surface area contributed by atoms with Crippen molar-refractivity contribution in [2.45, 2.75) is 23.8 Å². The van der Waals surface area contributed by atoms with E-state index in [2.05, 4.69) is 0 Å². The van der Waals surface area contributed by atoms with Crippen molar-refractivity contribution in [2.75, 3.05) is 20.2 Å². The van der Waals surface area contributed by atoms with E-state index in [4.69, 9.17) is 10.5 Å². The minimum atomic E-state index is -3.65. The van der Waals surface area contributed by atoms with Crippen LogP contribution in [0.15, 0.2) is 23.1 Å². The lowest BCUT2D eigenvalue weighted by Crippen LogP contribution is -2.42. The number of sulfonamides is 1. The molecule has 7 heteroatoms. The number of nitrogens with two attached hydrogens (primary N) is 1. The number of methoxy groups -OCH3 is 1. The lowest BCUT2D eigenvalue weighted by molar-refractivity contribution is 0.319. The molecule has 106 valence electrons. The number of piperidine rings is 1. The summed E-state index contributed by atoms with van der Waals surface area (Å²) in [5.41, 5.74) is 5.74. The van der Waals surface area contributed by atoms with Crippen LogP contribution >= 0.6 is 0 Å². The molecule has 0 aliphatic carbocycles. The number of hydrogen-bond acceptors (Lipinski definition) is 4. The molecule has 1 fully saturated rings. The van der Waals surface area contributed by atoms with Gasteiger partial charge in [-0.3, -0.25) is 0 Å². The number of nitrogens with zero attached hydrogens (tertiary/aromatic N) is 1. The minimum absolute atomic E-state index is 0.0274. The van der Waals surface area contributed by atoms with Crippen molar-refractivity contribution >= 4 is 10.0 Å². The van der Waals surface area contributed by atoms with Gasteiger partial charge in [-0.2, -0.15) is 4.31 Å². The summed E-state index contributed by atoms with van der Waals surface area (Å²) in [6.45, 7) is 0.744. The maximum Gasteiger partial charge on any atom is 0.243 e. The monoisotopic (exact) mass is 288 g/mol. The highest BCUT2D eigenvalue weighted by Gasteiger charge is 2.28. The van der Waals surface area contributed by atoms with Gasteiger partial charge < -0.3 is 10.5 Å². The van der Waals surface area contributed by atoms with E-state index in [9.17, 15) is 12.8 Å². The first-order valence-electron chi connectivity index (χ1n) is 6.04. The second-order valence-electron chi connectivity index (χ2n) is 4.54. The Morgan fingerprint density at radius 2 is 2.00 bits per heavy atom. The first-order chi connectivity index (χ1) is 8.95. The second kappa shape index (κ2) is 5.44. The molecule has 1 saturated heterocycles. The molecule has 2 rings (SSSR count). The predicted octanol–water partition coefficient (Wildman–Crippen LogP) is 0.946. The first-order valence-corrected chi connectivity index (χ1v) is 7.48. The molecule has 1 aliphatic heterocycles. The highest BCUT2D eigenvalue weighted by atomic mass is 32.2. The van der Waals surface area contributed by atoms with E-state index in [1.165, 1.54) is 23.5 Å². The van der Waals surface area contributed by atoms with Gasteiger partial charge in [-0.15, -0.1) is 0 Å². The Balaban J connectivity index is 2.27. The molecule has 5 nitrogen and oxygen atoms in total. The van der Waals surface area contributed by atoms with E-state index < -0.39 is 15.8 Å². The summed E-state index contributed by atoms with van der Waals surface area (Å²) in [5, 5.41) is 0. The maximum absolute atomic E-state index is 13.6. The molecule has 0 amide bonds. The van der Waals surface area contributed by atoms with Crippen LogP contribution in [0.3, 0.4) is 0 Å². The molecule has 0 saturated carbocycles. The molecule has 0 bridgehead atoms. The third-order valence-electron chi connectivity index (χ3n) is 3.26. The fourth-order valence-corrected chi connectivity index (χ4v) is 3.55. The molecule has 1 aromatic rings. The fraction of sp³-hybridized carbons (Fsp3) is 0.500. The van der Waals surface area contributed by atoms with Crippen LogP contribution in [0.4, 0.5) is 4.39 Å². The molecule has 2 N–H and O–H groups in total. The number of benzene rings is 1. The molecule has 1 aliphatic rings. The highest BCUT2D eigenvalue weighted by molar-refractivity contribution is 7.89. The third-order valence-corrected chi connectivity index (χ3v) is 5.15. The predicted molar refractivity (Wildman–Crippen MR) is 68.9 cm³/mol. The van der Waals surface area contributed by atoms with Crippen LogP contribution in [0.1, 0.15) is 12.8 Å². The summed E-state index contributed by atoms with van der Waals surface area (Å²) in [5.74, 6) is -0.656. The van der Waals surface area contributed by atoms with E-state index in [1.807, 2.05) is 0 Å². The van der Waals surface area contributed by atoms with Gasteiger partial charge in [0.05, 0.1) is 12.0 Å². The van der Waals surface area contributed by atoms with Gasteiger partial charge in [0.15, 0.2) is 11.6 Å². The smallest absolute Gasteiger partial charge is 0.243 e. The van der Waals surface area contributed by atoms with Crippen LogP contribution in [0, 0.1) is 5.82 Å². The average molecular weight is 288 g/mol. The van der Waals surface area contributed by atoms with E-state index in [-0.39, 0.29) is 16.7 Å². The van der Waals surface area contributed by atoms with Crippen molar-refractivity contribution in [3.8, 4) is 5.75 Å². The van der Waals surface area contributed by atoms with Crippen LogP contribution in [-0.4, -0.2) is 39.0 Å². The number of halogens is 1. The molecule has 0 radical (unpaired) electrons. The Morgan fingerprint density at radius 1 is 1.37 bits per heavy atom. The normalized spacial score (nSPS) is 18.5. The van der Waals surface area contributed by atoms with Gasteiger partial charge in [0.1, 0.15) is 0 Å². The number of hydrogen-bond donors (Lipinski definition) is 1. The lowest BCUT2D eigenvalue weighted by atomic mass is 10.1. The van der Waals surface area contributed by atoms with Crippen molar-refractivity contribution in [1.82, 2.24) is 4.31 Å². The van der Waals surface area contributed by atoms with Crippen molar-refractivity contribution < 1.29 is 17.5 Å². The van der Waals surface area contributed by atoms with Crippen LogP contribution in [-0.2, 0) is 10.0 Å². The van der Waals surface area contributed by atoms with Crippen molar-refractivity contribution in [2.24, 2.45) is 5.73 Å². The SMILES string of the molecule is COc1ccc(S(=O)(=O)N2CCC(N)CC2)cc1F.